The molecule has 2 bridgehead atoms. The number of furan rings is 1. The molecule has 1 aromatic carbocycles. The van der Waals surface area contributed by atoms with Crippen LogP contribution >= 0.6 is 0 Å². The number of ether oxygens (including phenoxy) is 3. The van der Waals surface area contributed by atoms with Crippen molar-refractivity contribution in [3.8, 4) is 17.2 Å². The van der Waals surface area contributed by atoms with Crippen LogP contribution in [0.15, 0.2) is 35.2 Å². The number of methoxy groups -OCH3 is 1. The summed E-state index contributed by atoms with van der Waals surface area (Å²) in [4.78, 5) is 30.9. The van der Waals surface area contributed by atoms with Gasteiger partial charge in [-0.05, 0) is 75.0 Å². The van der Waals surface area contributed by atoms with Crippen molar-refractivity contribution in [1.82, 2.24) is 9.80 Å². The lowest BCUT2D eigenvalue weighted by Crippen LogP contribution is -2.69. The van der Waals surface area contributed by atoms with Crippen LogP contribution in [0, 0.1) is 17.8 Å². The Kier molecular flexibility index (Phi) is 6.87. The van der Waals surface area contributed by atoms with Crippen molar-refractivity contribution < 1.29 is 28.2 Å². The van der Waals surface area contributed by atoms with Gasteiger partial charge in [-0.1, -0.05) is 13.8 Å². The molecule has 0 unspecified atom stereocenters. The van der Waals surface area contributed by atoms with Gasteiger partial charge in [-0.25, -0.2) is 0 Å². The van der Waals surface area contributed by atoms with Gasteiger partial charge >= 0.3 is 5.97 Å². The first-order valence-corrected chi connectivity index (χ1v) is 15.6. The number of rotatable bonds is 9. The van der Waals surface area contributed by atoms with Crippen molar-refractivity contribution in [2.75, 3.05) is 26.7 Å². The summed E-state index contributed by atoms with van der Waals surface area (Å²) in [5, 5.41) is 0. The van der Waals surface area contributed by atoms with E-state index in [9.17, 15) is 9.59 Å². The van der Waals surface area contributed by atoms with Crippen molar-refractivity contribution in [1.29, 1.82) is 0 Å². The fourth-order valence-corrected chi connectivity index (χ4v) is 8.63. The molecule has 0 radical (unpaired) electrons. The zero-order chi connectivity index (χ0) is 29.2. The Balaban J connectivity index is 1.33. The Morgan fingerprint density at radius 2 is 2.05 bits per heavy atom. The van der Waals surface area contributed by atoms with Gasteiger partial charge < -0.3 is 23.5 Å². The zero-order valence-corrected chi connectivity index (χ0v) is 25.1. The van der Waals surface area contributed by atoms with E-state index in [0.29, 0.717) is 35.9 Å². The molecule has 2 aromatic rings. The second-order valence-corrected chi connectivity index (χ2v) is 13.4. The standard InChI is InChI=1S/C34H42N2O6/c1-20(2)17-36(30(38)10-7-23-11-14-40-19-23)26-9-8-25-27-15-24-28(41-21(3)37)16-29(39-4)32-31(24)34(25,33(26)42-32)12-13-35(27)18-22-5-6-22/h7,10-11,14,16,19-20,22,25-27,33H,5-6,8-9,12-13,15,17-18H2,1-4H3/t25-,26-,27+,33+,34-/m0/s1. The van der Waals surface area contributed by atoms with E-state index >= 15 is 0 Å². The summed E-state index contributed by atoms with van der Waals surface area (Å²) in [6.45, 7) is 8.59. The SMILES string of the molecule is COc1cc(OC(C)=O)c2c3c1O[C@@H]1[C@@H](N(CC(C)C)C(=O)C=Cc4ccoc4)CC[C@H]4[C@@H](C2)N(CC2CC2)CC[C@]314. The van der Waals surface area contributed by atoms with Crippen LogP contribution < -0.4 is 14.2 Å². The topological polar surface area (TPSA) is 81.5 Å². The molecule has 3 aliphatic carbocycles. The normalized spacial score (nSPS) is 29.4. The first kappa shape index (κ1) is 27.6. The van der Waals surface area contributed by atoms with Crippen LogP contribution in [-0.4, -0.2) is 66.6 Å². The Labute approximate surface area is 248 Å². The third kappa shape index (κ3) is 4.45. The molecule has 5 atom stereocenters. The van der Waals surface area contributed by atoms with Crippen molar-refractivity contribution in [2.45, 2.75) is 82.9 Å². The van der Waals surface area contributed by atoms with E-state index in [1.807, 2.05) is 18.2 Å². The van der Waals surface area contributed by atoms with Gasteiger partial charge in [-0.2, -0.15) is 0 Å². The third-order valence-corrected chi connectivity index (χ3v) is 10.3. The van der Waals surface area contributed by atoms with Gasteiger partial charge in [-0.15, -0.1) is 0 Å². The molecule has 3 heterocycles. The highest BCUT2D eigenvalue weighted by Gasteiger charge is 2.67. The first-order valence-electron chi connectivity index (χ1n) is 15.6. The van der Waals surface area contributed by atoms with Gasteiger partial charge in [0.05, 0.1) is 25.7 Å². The second kappa shape index (κ2) is 10.5. The Morgan fingerprint density at radius 1 is 1.21 bits per heavy atom. The van der Waals surface area contributed by atoms with E-state index in [4.69, 9.17) is 18.6 Å². The van der Waals surface area contributed by atoms with E-state index in [1.165, 1.54) is 25.3 Å². The fraction of sp³-hybridized carbons (Fsp3) is 0.588. The molecule has 224 valence electrons. The maximum Gasteiger partial charge on any atom is 0.308 e. The molecule has 2 aliphatic heterocycles. The van der Waals surface area contributed by atoms with E-state index in [0.717, 1.165) is 61.6 Å². The third-order valence-electron chi connectivity index (χ3n) is 10.3. The number of nitrogens with zero attached hydrogens (tertiary/aromatic N) is 2. The Morgan fingerprint density at radius 3 is 2.74 bits per heavy atom. The summed E-state index contributed by atoms with van der Waals surface area (Å²) < 4.78 is 24.0. The van der Waals surface area contributed by atoms with Crippen LogP contribution in [0.3, 0.4) is 0 Å². The minimum atomic E-state index is -0.331. The molecule has 8 nitrogen and oxygen atoms in total. The van der Waals surface area contributed by atoms with Crippen molar-refractivity contribution in [3.05, 3.63) is 47.4 Å². The number of hydrogen-bond acceptors (Lipinski definition) is 7. The van der Waals surface area contributed by atoms with E-state index < -0.39 is 0 Å². The summed E-state index contributed by atoms with van der Waals surface area (Å²) in [5.74, 6) is 3.16. The molecule has 5 aliphatic rings. The van der Waals surface area contributed by atoms with Crippen LogP contribution in [0.1, 0.15) is 69.6 Å². The summed E-state index contributed by atoms with van der Waals surface area (Å²) in [6.07, 6.45) is 12.9. The maximum atomic E-state index is 13.9. The molecule has 1 amide bonds. The van der Waals surface area contributed by atoms with Gasteiger partial charge in [0.2, 0.25) is 5.91 Å². The number of amides is 1. The fourth-order valence-electron chi connectivity index (χ4n) is 8.63. The molecule has 1 aromatic heterocycles. The molecular formula is C34H42N2O6. The molecule has 42 heavy (non-hydrogen) atoms. The lowest BCUT2D eigenvalue weighted by atomic mass is 9.50. The number of esters is 1. The molecular weight excluding hydrogens is 532 g/mol. The molecule has 2 saturated carbocycles. The lowest BCUT2D eigenvalue weighted by Gasteiger charge is -2.60. The van der Waals surface area contributed by atoms with Crippen LogP contribution in [0.25, 0.3) is 6.08 Å². The largest absolute Gasteiger partial charge is 0.493 e. The van der Waals surface area contributed by atoms with Gasteiger partial charge in [0.1, 0.15) is 11.9 Å². The van der Waals surface area contributed by atoms with E-state index in [1.54, 1.807) is 25.7 Å². The molecule has 8 heteroatoms. The van der Waals surface area contributed by atoms with Gasteiger partial charge in [0, 0.05) is 60.3 Å². The molecule has 1 saturated heterocycles. The average molecular weight is 575 g/mol. The number of likely N-dealkylation sites (tertiary alicyclic amines) is 1. The number of benzene rings is 1. The van der Waals surface area contributed by atoms with Crippen molar-refractivity contribution in [2.24, 2.45) is 17.8 Å². The Bertz CT molecular complexity index is 1400. The highest BCUT2D eigenvalue weighted by Crippen LogP contribution is 2.66. The van der Waals surface area contributed by atoms with Crippen molar-refractivity contribution in [3.63, 3.8) is 0 Å². The summed E-state index contributed by atoms with van der Waals surface area (Å²) in [5.41, 5.74) is 2.87. The van der Waals surface area contributed by atoms with Crippen LogP contribution in [-0.2, 0) is 21.4 Å². The number of hydrogen-bond donors (Lipinski definition) is 0. The van der Waals surface area contributed by atoms with Crippen LogP contribution in [0.2, 0.25) is 0 Å². The second-order valence-electron chi connectivity index (χ2n) is 13.4. The Hall–Kier alpha value is -3.26. The van der Waals surface area contributed by atoms with Crippen LogP contribution in [0.4, 0.5) is 0 Å². The van der Waals surface area contributed by atoms with Crippen molar-refractivity contribution >= 4 is 18.0 Å². The molecule has 3 fully saturated rings. The smallest absolute Gasteiger partial charge is 0.308 e. The summed E-state index contributed by atoms with van der Waals surface area (Å²) >= 11 is 0. The van der Waals surface area contributed by atoms with E-state index in [2.05, 4.69) is 23.6 Å². The predicted molar refractivity (Wildman–Crippen MR) is 158 cm³/mol. The summed E-state index contributed by atoms with van der Waals surface area (Å²) in [6, 6.07) is 3.97. The average Bonchev–Trinajstić information content (AvgIpc) is 3.49. The maximum absolute atomic E-state index is 13.9. The van der Waals surface area contributed by atoms with E-state index in [-0.39, 0.29) is 29.4 Å². The van der Waals surface area contributed by atoms with Crippen LogP contribution in [0.5, 0.6) is 17.2 Å². The monoisotopic (exact) mass is 574 g/mol. The highest BCUT2D eigenvalue weighted by molar-refractivity contribution is 5.92. The zero-order valence-electron chi connectivity index (χ0n) is 25.1. The molecule has 7 rings (SSSR count). The van der Waals surface area contributed by atoms with Gasteiger partial charge in [0.15, 0.2) is 11.5 Å². The quantitative estimate of drug-likeness (QED) is 0.231. The first-order chi connectivity index (χ1) is 20.3. The minimum Gasteiger partial charge on any atom is -0.493 e. The van der Waals surface area contributed by atoms with Gasteiger partial charge in [0.25, 0.3) is 0 Å². The molecule has 0 N–H and O–H groups in total. The highest BCUT2D eigenvalue weighted by atomic mass is 16.5. The minimum absolute atomic E-state index is 0.00405. The molecule has 1 spiro atoms. The summed E-state index contributed by atoms with van der Waals surface area (Å²) in [7, 11) is 1.65. The number of carbonyl (C=O) groups excluding carboxylic acids is 2. The number of carbonyl (C=O) groups is 2. The van der Waals surface area contributed by atoms with Gasteiger partial charge in [-0.3, -0.25) is 14.5 Å². The predicted octanol–water partition coefficient (Wildman–Crippen LogP) is 5.23. The lowest BCUT2D eigenvalue weighted by molar-refractivity contribution is -0.139. The number of piperidine rings is 1.